The summed E-state index contributed by atoms with van der Waals surface area (Å²) in [5.74, 6) is -1.42. The lowest BCUT2D eigenvalue weighted by atomic mass is 10.2. The summed E-state index contributed by atoms with van der Waals surface area (Å²) >= 11 is 0.913. The molecule has 0 saturated heterocycles. The SMILES string of the molecule is CCNC(=O)c1ccc(SC(CC)C(=O)O)c([N+](=O)[O-])c1. The maximum absolute atomic E-state index is 11.7. The zero-order chi connectivity index (χ0) is 16.0. The Bertz CT molecular complexity index is 561. The van der Waals surface area contributed by atoms with Crippen LogP contribution in [0.5, 0.6) is 0 Å². The number of rotatable bonds is 7. The van der Waals surface area contributed by atoms with E-state index in [0.29, 0.717) is 13.0 Å². The molecular formula is C13H16N2O5S. The molecule has 0 aliphatic carbocycles. The summed E-state index contributed by atoms with van der Waals surface area (Å²) < 4.78 is 0. The number of benzene rings is 1. The lowest BCUT2D eigenvalue weighted by Crippen LogP contribution is -2.22. The number of carboxylic acids is 1. The molecule has 1 atom stereocenters. The summed E-state index contributed by atoms with van der Waals surface area (Å²) in [5, 5.41) is 21.9. The molecule has 1 aromatic rings. The highest BCUT2D eigenvalue weighted by Gasteiger charge is 2.23. The van der Waals surface area contributed by atoms with Gasteiger partial charge in [-0.3, -0.25) is 19.7 Å². The summed E-state index contributed by atoms with van der Waals surface area (Å²) in [4.78, 5) is 33.4. The minimum Gasteiger partial charge on any atom is -0.480 e. The van der Waals surface area contributed by atoms with Crippen molar-refractivity contribution in [3.8, 4) is 0 Å². The van der Waals surface area contributed by atoms with E-state index >= 15 is 0 Å². The Kier molecular flexibility index (Phi) is 6.16. The number of aliphatic carboxylic acids is 1. The standard InChI is InChI=1S/C13H16N2O5S/c1-3-10(13(17)18)21-11-6-5-8(12(16)14-4-2)7-9(11)15(19)20/h5-7,10H,3-4H2,1-2H3,(H,14,16)(H,17,18). The topological polar surface area (TPSA) is 110 Å². The van der Waals surface area contributed by atoms with E-state index < -0.39 is 22.0 Å². The zero-order valence-corrected chi connectivity index (χ0v) is 12.5. The first-order valence-electron chi connectivity index (χ1n) is 6.36. The first-order valence-corrected chi connectivity index (χ1v) is 7.24. The van der Waals surface area contributed by atoms with Gasteiger partial charge in [0.05, 0.1) is 9.82 Å². The summed E-state index contributed by atoms with van der Waals surface area (Å²) in [5.41, 5.74) is -0.0836. The van der Waals surface area contributed by atoms with Gasteiger partial charge < -0.3 is 10.4 Å². The molecule has 0 bridgehead atoms. The van der Waals surface area contributed by atoms with Gasteiger partial charge in [0, 0.05) is 18.2 Å². The molecule has 0 aliphatic rings. The third-order valence-corrected chi connectivity index (χ3v) is 4.09. The number of hydrogen-bond donors (Lipinski definition) is 2. The van der Waals surface area contributed by atoms with Crippen LogP contribution in [0, 0.1) is 10.1 Å². The van der Waals surface area contributed by atoms with E-state index in [9.17, 15) is 19.7 Å². The average molecular weight is 312 g/mol. The normalized spacial score (nSPS) is 11.7. The largest absolute Gasteiger partial charge is 0.480 e. The maximum atomic E-state index is 11.7. The maximum Gasteiger partial charge on any atom is 0.316 e. The Labute approximate surface area is 125 Å². The molecule has 1 unspecified atom stereocenters. The van der Waals surface area contributed by atoms with Crippen molar-refractivity contribution in [3.63, 3.8) is 0 Å². The molecule has 114 valence electrons. The van der Waals surface area contributed by atoms with Crippen molar-refractivity contribution in [2.75, 3.05) is 6.54 Å². The van der Waals surface area contributed by atoms with Crippen LogP contribution in [0.4, 0.5) is 5.69 Å². The number of carboxylic acid groups (broad SMARTS) is 1. The summed E-state index contributed by atoms with van der Waals surface area (Å²) in [6.07, 6.45) is 0.342. The molecule has 0 aliphatic heterocycles. The van der Waals surface area contributed by atoms with Crippen LogP contribution in [0.2, 0.25) is 0 Å². The van der Waals surface area contributed by atoms with Gasteiger partial charge in [0.25, 0.3) is 11.6 Å². The number of hydrogen-bond acceptors (Lipinski definition) is 5. The minimum absolute atomic E-state index is 0.177. The van der Waals surface area contributed by atoms with Gasteiger partial charge in [-0.05, 0) is 25.5 Å². The smallest absolute Gasteiger partial charge is 0.316 e. The van der Waals surface area contributed by atoms with Gasteiger partial charge in [-0.1, -0.05) is 6.92 Å². The summed E-state index contributed by atoms with van der Waals surface area (Å²) in [6, 6.07) is 4.04. The van der Waals surface area contributed by atoms with E-state index in [1.54, 1.807) is 13.8 Å². The van der Waals surface area contributed by atoms with Gasteiger partial charge in [-0.15, -0.1) is 11.8 Å². The number of thioether (sulfide) groups is 1. The highest BCUT2D eigenvalue weighted by atomic mass is 32.2. The van der Waals surface area contributed by atoms with Crippen molar-refractivity contribution in [2.45, 2.75) is 30.4 Å². The molecular weight excluding hydrogens is 296 g/mol. The van der Waals surface area contributed by atoms with Crippen LogP contribution < -0.4 is 5.32 Å². The van der Waals surface area contributed by atoms with E-state index in [1.165, 1.54) is 18.2 Å². The van der Waals surface area contributed by atoms with E-state index in [4.69, 9.17) is 5.11 Å². The molecule has 1 aromatic carbocycles. The molecule has 0 aromatic heterocycles. The highest BCUT2D eigenvalue weighted by molar-refractivity contribution is 8.00. The van der Waals surface area contributed by atoms with Gasteiger partial charge in [-0.2, -0.15) is 0 Å². The second kappa shape index (κ2) is 7.63. The number of carbonyl (C=O) groups excluding carboxylic acids is 1. The molecule has 8 heteroatoms. The Morgan fingerprint density at radius 3 is 2.57 bits per heavy atom. The second-order valence-electron chi connectivity index (χ2n) is 4.15. The Morgan fingerprint density at radius 2 is 2.10 bits per heavy atom. The van der Waals surface area contributed by atoms with E-state index in [0.717, 1.165) is 11.8 Å². The number of nitro benzene ring substituents is 1. The summed E-state index contributed by atoms with van der Waals surface area (Å²) in [6.45, 7) is 3.86. The summed E-state index contributed by atoms with van der Waals surface area (Å²) in [7, 11) is 0. The van der Waals surface area contributed by atoms with Gasteiger partial charge in [0.1, 0.15) is 5.25 Å². The van der Waals surface area contributed by atoms with Crippen molar-refractivity contribution in [3.05, 3.63) is 33.9 Å². The predicted octanol–water partition coefficient (Wildman–Crippen LogP) is 2.30. The Hall–Kier alpha value is -2.09. The second-order valence-corrected chi connectivity index (χ2v) is 5.40. The van der Waals surface area contributed by atoms with Gasteiger partial charge in [0.15, 0.2) is 0 Å². The van der Waals surface area contributed by atoms with Crippen LogP contribution >= 0.6 is 11.8 Å². The molecule has 1 rings (SSSR count). The average Bonchev–Trinajstić information content (AvgIpc) is 2.44. The minimum atomic E-state index is -1.02. The van der Waals surface area contributed by atoms with Crippen molar-refractivity contribution < 1.29 is 19.6 Å². The molecule has 1 amide bonds. The van der Waals surface area contributed by atoms with Crippen LogP contribution in [0.3, 0.4) is 0 Å². The lowest BCUT2D eigenvalue weighted by molar-refractivity contribution is -0.387. The van der Waals surface area contributed by atoms with E-state index in [1.807, 2.05) is 0 Å². The molecule has 0 heterocycles. The first kappa shape index (κ1) is 17.0. The highest BCUT2D eigenvalue weighted by Crippen LogP contribution is 2.34. The van der Waals surface area contributed by atoms with Crippen molar-refractivity contribution in [2.24, 2.45) is 0 Å². The van der Waals surface area contributed by atoms with Crippen molar-refractivity contribution in [1.82, 2.24) is 5.32 Å². The van der Waals surface area contributed by atoms with Crippen LogP contribution in [0.1, 0.15) is 30.6 Å². The van der Waals surface area contributed by atoms with Crippen LogP contribution in [0.15, 0.2) is 23.1 Å². The Balaban J connectivity index is 3.13. The fraction of sp³-hybridized carbons (Fsp3) is 0.385. The fourth-order valence-electron chi connectivity index (χ4n) is 1.63. The molecule has 2 N–H and O–H groups in total. The number of amides is 1. The number of carbonyl (C=O) groups is 2. The first-order chi connectivity index (χ1) is 9.90. The fourth-order valence-corrected chi connectivity index (χ4v) is 2.60. The quantitative estimate of drug-likeness (QED) is 0.454. The Morgan fingerprint density at radius 1 is 1.43 bits per heavy atom. The number of nitrogens with one attached hydrogen (secondary N) is 1. The van der Waals surface area contributed by atoms with Crippen LogP contribution in [0.25, 0.3) is 0 Å². The molecule has 0 saturated carbocycles. The van der Waals surface area contributed by atoms with Crippen molar-refractivity contribution >= 4 is 29.3 Å². The van der Waals surface area contributed by atoms with Crippen LogP contribution in [-0.4, -0.2) is 33.7 Å². The van der Waals surface area contributed by atoms with E-state index in [-0.39, 0.29) is 16.1 Å². The molecule has 0 radical (unpaired) electrons. The molecule has 21 heavy (non-hydrogen) atoms. The number of nitro groups is 1. The van der Waals surface area contributed by atoms with Crippen LogP contribution in [-0.2, 0) is 4.79 Å². The molecule has 0 fully saturated rings. The predicted molar refractivity (Wildman–Crippen MR) is 78.7 cm³/mol. The third kappa shape index (κ3) is 4.45. The zero-order valence-electron chi connectivity index (χ0n) is 11.7. The van der Waals surface area contributed by atoms with Gasteiger partial charge in [-0.25, -0.2) is 0 Å². The lowest BCUT2D eigenvalue weighted by Gasteiger charge is -2.10. The molecule has 0 spiro atoms. The van der Waals surface area contributed by atoms with E-state index in [2.05, 4.69) is 5.32 Å². The number of nitrogens with zero attached hydrogens (tertiary/aromatic N) is 1. The van der Waals surface area contributed by atoms with Crippen molar-refractivity contribution in [1.29, 1.82) is 0 Å². The van der Waals surface area contributed by atoms with Gasteiger partial charge >= 0.3 is 5.97 Å². The van der Waals surface area contributed by atoms with Gasteiger partial charge in [0.2, 0.25) is 0 Å². The monoisotopic (exact) mass is 312 g/mol. The molecule has 7 nitrogen and oxygen atoms in total. The third-order valence-electron chi connectivity index (χ3n) is 2.67.